The molecule has 0 saturated heterocycles. The Morgan fingerprint density at radius 3 is 2.41 bits per heavy atom. The van der Waals surface area contributed by atoms with Gasteiger partial charge < -0.3 is 10.1 Å². The number of esters is 1. The number of alkyl halides is 3. The van der Waals surface area contributed by atoms with Gasteiger partial charge in [-0.3, -0.25) is 19.3 Å². The molecule has 34 heavy (non-hydrogen) atoms. The number of hydrogen-bond acceptors (Lipinski definition) is 4. The van der Waals surface area contributed by atoms with Crippen LogP contribution in [0, 0.1) is 17.6 Å². The van der Waals surface area contributed by atoms with Gasteiger partial charge in [0.15, 0.2) is 0 Å². The van der Waals surface area contributed by atoms with Gasteiger partial charge in [-0.2, -0.15) is 13.2 Å². The maximum absolute atomic E-state index is 15.2. The molecule has 0 unspecified atom stereocenters. The van der Waals surface area contributed by atoms with Crippen molar-refractivity contribution >= 4 is 23.5 Å². The molecule has 0 radical (unpaired) electrons. The monoisotopic (exact) mass is 490 g/mol. The second-order valence-electron chi connectivity index (χ2n) is 9.29. The normalized spacial score (nSPS) is 19.0. The number of fused-ring (bicyclic) bond motifs is 1. The molecule has 188 valence electrons. The Morgan fingerprint density at radius 1 is 1.26 bits per heavy atom. The average Bonchev–Trinajstić information content (AvgIpc) is 3.52. The minimum absolute atomic E-state index is 0.0962. The molecule has 1 aromatic rings. The van der Waals surface area contributed by atoms with E-state index in [1.807, 2.05) is 0 Å². The molecule has 2 amide bonds. The number of amides is 2. The molecule has 3 rings (SSSR count). The van der Waals surface area contributed by atoms with E-state index in [1.165, 1.54) is 20.8 Å². The van der Waals surface area contributed by atoms with Crippen LogP contribution in [0.15, 0.2) is 6.07 Å². The number of hydrogen-bond donors (Lipinski definition) is 1. The third kappa shape index (κ3) is 4.88. The van der Waals surface area contributed by atoms with Crippen molar-refractivity contribution in [2.75, 3.05) is 18.1 Å². The Balaban J connectivity index is 1.82. The van der Waals surface area contributed by atoms with Crippen LogP contribution in [0.2, 0.25) is 0 Å². The van der Waals surface area contributed by atoms with Crippen LogP contribution in [0.1, 0.15) is 64.0 Å². The number of anilines is 1. The van der Waals surface area contributed by atoms with Crippen LogP contribution in [0.3, 0.4) is 0 Å². The minimum atomic E-state index is -4.81. The van der Waals surface area contributed by atoms with Crippen molar-refractivity contribution in [3.8, 4) is 0 Å². The Bertz CT molecular complexity index is 1000. The zero-order valence-corrected chi connectivity index (χ0v) is 19.3. The van der Waals surface area contributed by atoms with Crippen molar-refractivity contribution in [1.82, 2.24) is 5.32 Å². The van der Waals surface area contributed by atoms with E-state index in [0.29, 0.717) is 12.8 Å². The highest BCUT2D eigenvalue weighted by molar-refractivity contribution is 6.10. The van der Waals surface area contributed by atoms with Gasteiger partial charge in [-0.25, -0.2) is 8.78 Å². The van der Waals surface area contributed by atoms with Crippen molar-refractivity contribution in [2.45, 2.75) is 70.5 Å². The third-order valence-electron chi connectivity index (χ3n) is 6.32. The SMILES string of the molecule is CCOC(=O)C[C@H]([C@H](C)NC(=O)CN1C(=O)C(C)(C)c2c(F)c(C3CC3)cc(F)c21)C(F)(F)F. The summed E-state index contributed by atoms with van der Waals surface area (Å²) in [4.78, 5) is 38.0. The van der Waals surface area contributed by atoms with E-state index in [4.69, 9.17) is 0 Å². The molecule has 1 saturated carbocycles. The van der Waals surface area contributed by atoms with Gasteiger partial charge in [0.25, 0.3) is 0 Å². The summed E-state index contributed by atoms with van der Waals surface area (Å²) in [6.45, 7) is 4.44. The summed E-state index contributed by atoms with van der Waals surface area (Å²) < 4.78 is 75.3. The molecule has 1 aromatic carbocycles. The minimum Gasteiger partial charge on any atom is -0.466 e. The van der Waals surface area contributed by atoms with Crippen LogP contribution in [-0.2, 0) is 24.5 Å². The number of halogens is 5. The van der Waals surface area contributed by atoms with Crippen molar-refractivity contribution in [2.24, 2.45) is 5.92 Å². The molecule has 1 heterocycles. The predicted molar refractivity (Wildman–Crippen MR) is 112 cm³/mol. The van der Waals surface area contributed by atoms with Gasteiger partial charge >= 0.3 is 12.1 Å². The Morgan fingerprint density at radius 2 is 1.88 bits per heavy atom. The first-order valence-electron chi connectivity index (χ1n) is 11.1. The van der Waals surface area contributed by atoms with Crippen LogP contribution < -0.4 is 10.2 Å². The summed E-state index contributed by atoms with van der Waals surface area (Å²) in [6, 6.07) is -0.520. The molecule has 2 aliphatic rings. The molecule has 1 aliphatic carbocycles. The van der Waals surface area contributed by atoms with Gasteiger partial charge in [0.1, 0.15) is 18.2 Å². The van der Waals surface area contributed by atoms with E-state index in [2.05, 4.69) is 10.1 Å². The summed E-state index contributed by atoms with van der Waals surface area (Å²) in [7, 11) is 0. The second kappa shape index (κ2) is 9.14. The van der Waals surface area contributed by atoms with Crippen LogP contribution >= 0.6 is 0 Å². The molecule has 6 nitrogen and oxygen atoms in total. The lowest BCUT2D eigenvalue weighted by Gasteiger charge is -2.27. The zero-order valence-electron chi connectivity index (χ0n) is 19.3. The predicted octanol–water partition coefficient (Wildman–Crippen LogP) is 4.10. The fraction of sp³-hybridized carbons (Fsp3) is 0.609. The number of ether oxygens (including phenoxy) is 1. The quantitative estimate of drug-likeness (QED) is 0.440. The molecule has 1 aliphatic heterocycles. The molecule has 0 aromatic heterocycles. The molecule has 11 heteroatoms. The average molecular weight is 490 g/mol. The number of carbonyl (C=O) groups is 3. The number of carbonyl (C=O) groups excluding carboxylic acids is 3. The van der Waals surface area contributed by atoms with Gasteiger partial charge in [-0.05, 0) is 58.1 Å². The lowest BCUT2D eigenvalue weighted by atomic mass is 9.84. The van der Waals surface area contributed by atoms with Crippen molar-refractivity contribution in [3.05, 3.63) is 28.8 Å². The van der Waals surface area contributed by atoms with Crippen molar-refractivity contribution < 1.29 is 41.1 Å². The standard InChI is InChI=1S/C23H27F5N2O4/c1-5-34-17(32)9-14(23(26,27)28)11(2)29-16(31)10-30-20-15(24)8-13(12-6-7-12)19(25)18(20)22(3,4)21(30)33/h8,11-12,14H,5-7,9-10H2,1-4H3,(H,29,31)/t11-,14+/m0/s1. The summed E-state index contributed by atoms with van der Waals surface area (Å²) in [5.74, 6) is -6.73. The van der Waals surface area contributed by atoms with E-state index in [1.54, 1.807) is 0 Å². The lowest BCUT2D eigenvalue weighted by Crippen LogP contribution is -2.49. The first-order chi connectivity index (χ1) is 15.7. The number of nitrogens with one attached hydrogen (secondary N) is 1. The molecule has 1 N–H and O–H groups in total. The zero-order chi connectivity index (χ0) is 25.6. The van der Waals surface area contributed by atoms with Crippen LogP contribution in [0.5, 0.6) is 0 Å². The lowest BCUT2D eigenvalue weighted by molar-refractivity contribution is -0.190. The highest BCUT2D eigenvalue weighted by Crippen LogP contribution is 2.50. The van der Waals surface area contributed by atoms with Gasteiger partial charge in [-0.1, -0.05) is 0 Å². The maximum atomic E-state index is 15.2. The maximum Gasteiger partial charge on any atom is 0.394 e. The first kappa shape index (κ1) is 25.9. The summed E-state index contributed by atoms with van der Waals surface area (Å²) in [6.07, 6.45) is -4.40. The molecule has 0 spiro atoms. The number of nitrogens with zero attached hydrogens (tertiary/aromatic N) is 1. The number of benzene rings is 1. The first-order valence-corrected chi connectivity index (χ1v) is 11.1. The highest BCUT2D eigenvalue weighted by Gasteiger charge is 2.50. The van der Waals surface area contributed by atoms with E-state index < -0.39 is 65.9 Å². The molecular weight excluding hydrogens is 463 g/mol. The van der Waals surface area contributed by atoms with Crippen molar-refractivity contribution in [1.29, 1.82) is 0 Å². The molecular formula is C23H27F5N2O4. The Labute approximate surface area is 193 Å². The fourth-order valence-corrected chi connectivity index (χ4v) is 4.38. The summed E-state index contributed by atoms with van der Waals surface area (Å²) >= 11 is 0. The van der Waals surface area contributed by atoms with E-state index in [-0.39, 0.29) is 29.3 Å². The molecule has 1 fully saturated rings. The van der Waals surface area contributed by atoms with Gasteiger partial charge in [0, 0.05) is 11.6 Å². The van der Waals surface area contributed by atoms with E-state index in [9.17, 15) is 27.6 Å². The van der Waals surface area contributed by atoms with Crippen LogP contribution in [-0.4, -0.2) is 43.2 Å². The smallest absolute Gasteiger partial charge is 0.394 e. The van der Waals surface area contributed by atoms with Gasteiger partial charge in [0.05, 0.1) is 30.0 Å². The molecule has 0 bridgehead atoms. The van der Waals surface area contributed by atoms with Crippen molar-refractivity contribution in [3.63, 3.8) is 0 Å². The van der Waals surface area contributed by atoms with E-state index in [0.717, 1.165) is 17.9 Å². The van der Waals surface area contributed by atoms with E-state index >= 15 is 8.78 Å². The second-order valence-corrected chi connectivity index (χ2v) is 9.29. The van der Waals surface area contributed by atoms with Crippen LogP contribution in [0.4, 0.5) is 27.6 Å². The Kier molecular flexibility index (Phi) is 6.96. The number of rotatable bonds is 8. The highest BCUT2D eigenvalue weighted by atomic mass is 19.4. The fourth-order valence-electron chi connectivity index (χ4n) is 4.38. The summed E-state index contributed by atoms with van der Waals surface area (Å²) in [5, 5.41) is 2.14. The van der Waals surface area contributed by atoms with Crippen LogP contribution in [0.25, 0.3) is 0 Å². The third-order valence-corrected chi connectivity index (χ3v) is 6.32. The molecule has 2 atom stereocenters. The Hall–Kier alpha value is -2.72. The summed E-state index contributed by atoms with van der Waals surface area (Å²) in [5.41, 5.74) is -1.81. The van der Waals surface area contributed by atoms with Gasteiger partial charge in [0.2, 0.25) is 11.8 Å². The van der Waals surface area contributed by atoms with Gasteiger partial charge in [-0.15, -0.1) is 0 Å². The topological polar surface area (TPSA) is 75.7 Å². The largest absolute Gasteiger partial charge is 0.466 e.